The Hall–Kier alpha value is -2.48. The Morgan fingerprint density at radius 3 is 3.08 bits per heavy atom. The molecule has 0 aliphatic carbocycles. The number of hydrogen-bond donors (Lipinski definition) is 0. The summed E-state index contributed by atoms with van der Waals surface area (Å²) in [7, 11) is 0. The van der Waals surface area contributed by atoms with E-state index in [1.807, 2.05) is 17.5 Å². The lowest BCUT2D eigenvalue weighted by molar-refractivity contribution is 0.0688. The third kappa shape index (κ3) is 2.84. The third-order valence-corrected chi connectivity index (χ3v) is 4.94. The molecule has 1 aliphatic heterocycles. The van der Waals surface area contributed by atoms with E-state index >= 15 is 0 Å². The van der Waals surface area contributed by atoms with Crippen molar-refractivity contribution in [1.82, 2.24) is 20.3 Å². The topological polar surface area (TPSA) is 85.3 Å². The van der Waals surface area contributed by atoms with Gasteiger partial charge in [0.15, 0.2) is 5.69 Å². The molecule has 1 saturated heterocycles. The van der Waals surface area contributed by atoms with Crippen LogP contribution in [-0.4, -0.2) is 39.3 Å². The maximum absolute atomic E-state index is 12.5. The van der Waals surface area contributed by atoms with Crippen molar-refractivity contribution >= 4 is 17.2 Å². The first-order valence-electron chi connectivity index (χ1n) is 7.80. The van der Waals surface area contributed by atoms with E-state index in [1.165, 1.54) is 0 Å². The molecule has 0 unspecified atom stereocenters. The average Bonchev–Trinajstić information content (AvgIpc) is 3.35. The zero-order valence-corrected chi connectivity index (χ0v) is 14.0. The molecular formula is C16H16N4O3S. The van der Waals surface area contributed by atoms with E-state index in [0.29, 0.717) is 36.3 Å². The number of likely N-dealkylation sites (tertiary alicyclic amines) is 1. The van der Waals surface area contributed by atoms with Gasteiger partial charge in [0.25, 0.3) is 11.8 Å². The fourth-order valence-electron chi connectivity index (χ4n) is 2.89. The van der Waals surface area contributed by atoms with E-state index in [4.69, 9.17) is 8.94 Å². The number of aromatic nitrogens is 3. The molecule has 0 N–H and O–H groups in total. The standard InChI is InChI=1S/C16H16N4O3S/c1-10-8-12(19-23-10)16(21)20-6-2-4-11(9-20)14-17-18-15(22-14)13-5-3-7-24-13/h3,5,7-8,11H,2,4,6,9H2,1H3/t11-/m1/s1. The van der Waals surface area contributed by atoms with E-state index in [-0.39, 0.29) is 11.8 Å². The second-order valence-corrected chi connectivity index (χ2v) is 6.78. The number of rotatable bonds is 3. The van der Waals surface area contributed by atoms with Gasteiger partial charge in [-0.05, 0) is 31.2 Å². The highest BCUT2D eigenvalue weighted by atomic mass is 32.1. The predicted octanol–water partition coefficient (Wildman–Crippen LogP) is 3.11. The minimum absolute atomic E-state index is 0.0527. The first-order valence-corrected chi connectivity index (χ1v) is 8.68. The molecule has 3 aromatic heterocycles. The molecule has 3 aromatic rings. The highest BCUT2D eigenvalue weighted by molar-refractivity contribution is 7.13. The van der Waals surface area contributed by atoms with E-state index < -0.39 is 0 Å². The number of piperidine rings is 1. The Bertz CT molecular complexity index is 839. The Morgan fingerprint density at radius 1 is 1.42 bits per heavy atom. The molecule has 1 aliphatic rings. The number of carbonyl (C=O) groups is 1. The molecule has 124 valence electrons. The SMILES string of the molecule is Cc1cc(C(=O)N2CCC[C@@H](c3nnc(-c4cccs4)o3)C2)no1. The predicted molar refractivity (Wildman–Crippen MR) is 86.7 cm³/mol. The van der Waals surface area contributed by atoms with Crippen molar-refractivity contribution in [2.75, 3.05) is 13.1 Å². The lowest BCUT2D eigenvalue weighted by atomic mass is 9.98. The number of aryl methyl sites for hydroxylation is 1. The maximum Gasteiger partial charge on any atom is 0.276 e. The second kappa shape index (κ2) is 6.20. The third-order valence-electron chi connectivity index (χ3n) is 4.08. The molecule has 8 heteroatoms. The van der Waals surface area contributed by atoms with Crippen LogP contribution < -0.4 is 0 Å². The Labute approximate surface area is 142 Å². The molecule has 0 bridgehead atoms. The quantitative estimate of drug-likeness (QED) is 0.726. The average molecular weight is 344 g/mol. The molecule has 1 amide bonds. The molecular weight excluding hydrogens is 328 g/mol. The van der Waals surface area contributed by atoms with Gasteiger partial charge in [-0.2, -0.15) is 0 Å². The van der Waals surface area contributed by atoms with Crippen LogP contribution in [0.3, 0.4) is 0 Å². The minimum Gasteiger partial charge on any atom is -0.420 e. The van der Waals surface area contributed by atoms with Crippen molar-refractivity contribution in [3.63, 3.8) is 0 Å². The van der Waals surface area contributed by atoms with Gasteiger partial charge >= 0.3 is 0 Å². The van der Waals surface area contributed by atoms with Crippen LogP contribution in [-0.2, 0) is 0 Å². The van der Waals surface area contributed by atoms with Crippen molar-refractivity contribution in [1.29, 1.82) is 0 Å². The number of amides is 1. The van der Waals surface area contributed by atoms with Crippen molar-refractivity contribution in [2.45, 2.75) is 25.7 Å². The molecule has 4 heterocycles. The van der Waals surface area contributed by atoms with E-state index in [9.17, 15) is 4.79 Å². The summed E-state index contributed by atoms with van der Waals surface area (Å²) in [4.78, 5) is 15.3. The van der Waals surface area contributed by atoms with Crippen molar-refractivity contribution in [3.05, 3.63) is 40.9 Å². The van der Waals surface area contributed by atoms with E-state index in [0.717, 1.165) is 17.7 Å². The largest absolute Gasteiger partial charge is 0.420 e. The lowest BCUT2D eigenvalue weighted by Crippen LogP contribution is -2.39. The van der Waals surface area contributed by atoms with Crippen LogP contribution in [0.25, 0.3) is 10.8 Å². The fraction of sp³-hybridized carbons (Fsp3) is 0.375. The second-order valence-electron chi connectivity index (χ2n) is 5.84. The zero-order chi connectivity index (χ0) is 16.5. The van der Waals surface area contributed by atoms with Gasteiger partial charge in [-0.1, -0.05) is 11.2 Å². The van der Waals surface area contributed by atoms with Crippen LogP contribution in [0.2, 0.25) is 0 Å². The molecule has 4 rings (SSSR count). The molecule has 0 saturated carbocycles. The fourth-order valence-corrected chi connectivity index (χ4v) is 3.54. The monoisotopic (exact) mass is 344 g/mol. The van der Waals surface area contributed by atoms with Crippen LogP contribution in [0.5, 0.6) is 0 Å². The van der Waals surface area contributed by atoms with Crippen LogP contribution in [0.1, 0.15) is 40.9 Å². The summed E-state index contributed by atoms with van der Waals surface area (Å²) in [5, 5.41) is 14.1. The summed E-state index contributed by atoms with van der Waals surface area (Å²) in [6.45, 7) is 3.03. The van der Waals surface area contributed by atoms with Gasteiger partial charge in [0, 0.05) is 19.2 Å². The maximum atomic E-state index is 12.5. The van der Waals surface area contributed by atoms with Gasteiger partial charge in [-0.3, -0.25) is 4.79 Å². The van der Waals surface area contributed by atoms with Gasteiger partial charge in [-0.25, -0.2) is 0 Å². The van der Waals surface area contributed by atoms with Gasteiger partial charge in [0.1, 0.15) is 5.76 Å². The van der Waals surface area contributed by atoms with Crippen molar-refractivity contribution in [2.24, 2.45) is 0 Å². The number of nitrogens with zero attached hydrogens (tertiary/aromatic N) is 4. The molecule has 1 fully saturated rings. The zero-order valence-electron chi connectivity index (χ0n) is 13.1. The molecule has 1 atom stereocenters. The Balaban J connectivity index is 1.50. The first-order chi connectivity index (χ1) is 11.7. The summed E-state index contributed by atoms with van der Waals surface area (Å²) in [6, 6.07) is 5.56. The van der Waals surface area contributed by atoms with Crippen LogP contribution >= 0.6 is 11.3 Å². The van der Waals surface area contributed by atoms with E-state index in [1.54, 1.807) is 29.2 Å². The van der Waals surface area contributed by atoms with Gasteiger partial charge in [0.05, 0.1) is 10.8 Å². The number of hydrogen-bond acceptors (Lipinski definition) is 7. The van der Waals surface area contributed by atoms with Crippen molar-refractivity contribution in [3.8, 4) is 10.8 Å². The summed E-state index contributed by atoms with van der Waals surface area (Å²) in [5.41, 5.74) is 0.345. The van der Waals surface area contributed by atoms with Gasteiger partial charge < -0.3 is 13.8 Å². The number of carbonyl (C=O) groups excluding carboxylic acids is 1. The van der Waals surface area contributed by atoms with Gasteiger partial charge in [0.2, 0.25) is 5.89 Å². The minimum atomic E-state index is -0.116. The first kappa shape index (κ1) is 15.1. The van der Waals surface area contributed by atoms with Crippen LogP contribution in [0.4, 0.5) is 0 Å². The summed E-state index contributed by atoms with van der Waals surface area (Å²) < 4.78 is 10.8. The molecule has 0 aromatic carbocycles. The highest BCUT2D eigenvalue weighted by Crippen LogP contribution is 2.30. The number of thiophene rings is 1. The van der Waals surface area contributed by atoms with Gasteiger partial charge in [-0.15, -0.1) is 21.5 Å². The Morgan fingerprint density at radius 2 is 2.33 bits per heavy atom. The molecule has 7 nitrogen and oxygen atoms in total. The van der Waals surface area contributed by atoms with E-state index in [2.05, 4.69) is 15.4 Å². The molecule has 0 radical (unpaired) electrons. The van der Waals surface area contributed by atoms with Crippen LogP contribution in [0, 0.1) is 6.92 Å². The Kier molecular flexibility index (Phi) is 3.89. The smallest absolute Gasteiger partial charge is 0.276 e. The summed E-state index contributed by atoms with van der Waals surface area (Å²) in [5.74, 6) is 1.69. The van der Waals surface area contributed by atoms with Crippen LogP contribution in [0.15, 0.2) is 32.5 Å². The molecule has 24 heavy (non-hydrogen) atoms. The lowest BCUT2D eigenvalue weighted by Gasteiger charge is -2.30. The summed E-state index contributed by atoms with van der Waals surface area (Å²) in [6.07, 6.45) is 1.82. The molecule has 0 spiro atoms. The normalized spacial score (nSPS) is 18.0. The summed E-state index contributed by atoms with van der Waals surface area (Å²) >= 11 is 1.56. The highest BCUT2D eigenvalue weighted by Gasteiger charge is 2.30. The van der Waals surface area contributed by atoms with Crippen molar-refractivity contribution < 1.29 is 13.7 Å².